The van der Waals surface area contributed by atoms with Crippen LogP contribution >= 0.6 is 0 Å². The van der Waals surface area contributed by atoms with Gasteiger partial charge in [0.25, 0.3) is 0 Å². The fourth-order valence-electron chi connectivity index (χ4n) is 4.47. The molecule has 1 fully saturated rings. The Bertz CT molecular complexity index is 683. The van der Waals surface area contributed by atoms with E-state index in [9.17, 15) is 0 Å². The van der Waals surface area contributed by atoms with Crippen molar-refractivity contribution in [3.63, 3.8) is 0 Å². The number of ether oxygens (including phenoxy) is 1. The lowest BCUT2D eigenvalue weighted by Gasteiger charge is -2.28. The predicted octanol–water partition coefficient (Wildman–Crippen LogP) is 7.86. The standard InChI is InChI=1S/C27H39NO/c1-3-5-7-22-8-10-23(11-9-22)12-13-24-14-19-27(28-21-24)25-15-17-26(18-16-25)29-20-6-4-2/h14-19,21-23H,3-13,20H2,1-2H3. The molecule has 0 atom stereocenters. The smallest absolute Gasteiger partial charge is 0.119 e. The summed E-state index contributed by atoms with van der Waals surface area (Å²) in [5, 5.41) is 0. The Morgan fingerprint density at radius 1 is 0.828 bits per heavy atom. The van der Waals surface area contributed by atoms with Crippen molar-refractivity contribution >= 4 is 0 Å². The molecule has 3 rings (SSSR count). The van der Waals surface area contributed by atoms with E-state index in [0.29, 0.717) is 0 Å². The number of aromatic nitrogens is 1. The highest BCUT2D eigenvalue weighted by Gasteiger charge is 2.20. The largest absolute Gasteiger partial charge is 0.494 e. The minimum absolute atomic E-state index is 0.795. The highest BCUT2D eigenvalue weighted by Crippen LogP contribution is 2.34. The third kappa shape index (κ3) is 7.17. The Hall–Kier alpha value is -1.83. The molecule has 29 heavy (non-hydrogen) atoms. The Kier molecular flexibility index (Phi) is 9.05. The van der Waals surface area contributed by atoms with Crippen LogP contribution in [0.5, 0.6) is 5.75 Å². The van der Waals surface area contributed by atoms with Gasteiger partial charge in [-0.05, 0) is 67.0 Å². The molecule has 0 saturated heterocycles. The normalized spacial score (nSPS) is 19.2. The van der Waals surface area contributed by atoms with Crippen LogP contribution in [0.1, 0.15) is 83.6 Å². The van der Waals surface area contributed by atoms with E-state index in [-0.39, 0.29) is 0 Å². The summed E-state index contributed by atoms with van der Waals surface area (Å²) in [6.07, 6.45) is 16.8. The molecule has 2 nitrogen and oxygen atoms in total. The number of nitrogens with zero attached hydrogens (tertiary/aromatic N) is 1. The van der Waals surface area contributed by atoms with E-state index in [1.54, 1.807) is 0 Å². The van der Waals surface area contributed by atoms with Gasteiger partial charge in [-0.2, -0.15) is 0 Å². The first-order valence-electron chi connectivity index (χ1n) is 12.0. The first-order chi connectivity index (χ1) is 14.3. The van der Waals surface area contributed by atoms with Crippen molar-refractivity contribution in [2.24, 2.45) is 11.8 Å². The summed E-state index contributed by atoms with van der Waals surface area (Å²) in [6, 6.07) is 12.8. The van der Waals surface area contributed by atoms with E-state index in [4.69, 9.17) is 9.72 Å². The van der Waals surface area contributed by atoms with Gasteiger partial charge in [-0.3, -0.25) is 4.98 Å². The maximum atomic E-state index is 5.75. The van der Waals surface area contributed by atoms with Gasteiger partial charge in [0.2, 0.25) is 0 Å². The van der Waals surface area contributed by atoms with Crippen molar-refractivity contribution in [2.45, 2.75) is 84.5 Å². The first kappa shape index (κ1) is 21.9. The van der Waals surface area contributed by atoms with Crippen molar-refractivity contribution in [1.82, 2.24) is 4.98 Å². The van der Waals surface area contributed by atoms with Crippen molar-refractivity contribution in [1.29, 1.82) is 0 Å². The average Bonchev–Trinajstić information content (AvgIpc) is 2.78. The number of aryl methyl sites for hydroxylation is 1. The van der Waals surface area contributed by atoms with Crippen molar-refractivity contribution < 1.29 is 4.74 Å². The molecule has 0 spiro atoms. The van der Waals surface area contributed by atoms with Crippen LogP contribution in [0.2, 0.25) is 0 Å². The molecule has 0 radical (unpaired) electrons. The van der Waals surface area contributed by atoms with E-state index < -0.39 is 0 Å². The Labute approximate surface area is 178 Å². The highest BCUT2D eigenvalue weighted by molar-refractivity contribution is 5.60. The molecule has 0 bridgehead atoms. The van der Waals surface area contributed by atoms with Crippen LogP contribution in [0, 0.1) is 11.8 Å². The fourth-order valence-corrected chi connectivity index (χ4v) is 4.47. The molecule has 1 aliphatic carbocycles. The third-order valence-electron chi connectivity index (χ3n) is 6.51. The summed E-state index contributed by atoms with van der Waals surface area (Å²) in [4.78, 5) is 4.72. The fraction of sp³-hybridized carbons (Fsp3) is 0.593. The van der Waals surface area contributed by atoms with E-state index in [1.165, 1.54) is 63.4 Å². The van der Waals surface area contributed by atoms with E-state index >= 15 is 0 Å². The number of hydrogen-bond donors (Lipinski definition) is 0. The molecular formula is C27H39NO. The van der Waals surface area contributed by atoms with Crippen LogP contribution in [0.15, 0.2) is 42.6 Å². The van der Waals surface area contributed by atoms with Gasteiger partial charge in [0, 0.05) is 11.8 Å². The molecule has 158 valence electrons. The Balaban J connectivity index is 1.43. The lowest BCUT2D eigenvalue weighted by atomic mass is 9.78. The summed E-state index contributed by atoms with van der Waals surface area (Å²) in [5.41, 5.74) is 3.58. The molecule has 1 heterocycles. The summed E-state index contributed by atoms with van der Waals surface area (Å²) in [5.74, 6) is 2.88. The second kappa shape index (κ2) is 12.0. The van der Waals surface area contributed by atoms with Gasteiger partial charge < -0.3 is 4.74 Å². The molecule has 0 N–H and O–H groups in total. The lowest BCUT2D eigenvalue weighted by molar-refractivity contribution is 0.250. The second-order valence-corrected chi connectivity index (χ2v) is 8.85. The van der Waals surface area contributed by atoms with Gasteiger partial charge in [-0.25, -0.2) is 0 Å². The quantitative estimate of drug-likeness (QED) is 0.362. The van der Waals surface area contributed by atoms with Crippen LogP contribution < -0.4 is 4.74 Å². The zero-order valence-corrected chi connectivity index (χ0v) is 18.5. The number of rotatable bonds is 11. The average molecular weight is 394 g/mol. The van der Waals surface area contributed by atoms with E-state index in [1.807, 2.05) is 0 Å². The Morgan fingerprint density at radius 2 is 1.52 bits per heavy atom. The van der Waals surface area contributed by atoms with Gasteiger partial charge in [-0.15, -0.1) is 0 Å². The molecule has 1 saturated carbocycles. The summed E-state index contributed by atoms with van der Waals surface area (Å²) >= 11 is 0. The van der Waals surface area contributed by atoms with Crippen molar-refractivity contribution in [3.8, 4) is 17.0 Å². The third-order valence-corrected chi connectivity index (χ3v) is 6.51. The van der Waals surface area contributed by atoms with Crippen molar-refractivity contribution in [3.05, 3.63) is 48.2 Å². The number of benzene rings is 1. The van der Waals surface area contributed by atoms with Crippen LogP contribution in [0.25, 0.3) is 11.3 Å². The monoisotopic (exact) mass is 393 g/mol. The lowest BCUT2D eigenvalue weighted by Crippen LogP contribution is -2.15. The second-order valence-electron chi connectivity index (χ2n) is 8.85. The molecule has 2 heteroatoms. The molecule has 1 aliphatic rings. The van der Waals surface area contributed by atoms with Crippen LogP contribution in [0.3, 0.4) is 0 Å². The molecule has 2 aromatic rings. The van der Waals surface area contributed by atoms with Gasteiger partial charge in [0.15, 0.2) is 0 Å². The maximum Gasteiger partial charge on any atom is 0.119 e. The minimum Gasteiger partial charge on any atom is -0.494 e. The van der Waals surface area contributed by atoms with Crippen LogP contribution in [-0.4, -0.2) is 11.6 Å². The number of hydrogen-bond acceptors (Lipinski definition) is 2. The molecule has 0 amide bonds. The number of pyridine rings is 1. The van der Waals surface area contributed by atoms with Gasteiger partial charge in [-0.1, -0.05) is 71.3 Å². The van der Waals surface area contributed by atoms with E-state index in [2.05, 4.69) is 56.4 Å². The summed E-state index contributed by atoms with van der Waals surface area (Å²) < 4.78 is 5.75. The predicted molar refractivity (Wildman–Crippen MR) is 123 cm³/mol. The van der Waals surface area contributed by atoms with Gasteiger partial charge in [0.05, 0.1) is 12.3 Å². The van der Waals surface area contributed by atoms with Gasteiger partial charge in [0.1, 0.15) is 5.75 Å². The van der Waals surface area contributed by atoms with Crippen molar-refractivity contribution in [2.75, 3.05) is 6.61 Å². The highest BCUT2D eigenvalue weighted by atomic mass is 16.5. The molecular weight excluding hydrogens is 354 g/mol. The first-order valence-corrected chi connectivity index (χ1v) is 12.0. The zero-order chi connectivity index (χ0) is 20.3. The molecule has 0 unspecified atom stereocenters. The van der Waals surface area contributed by atoms with Crippen LogP contribution in [0.4, 0.5) is 0 Å². The minimum atomic E-state index is 0.795. The SMILES string of the molecule is CCCCOc1ccc(-c2ccc(CCC3CCC(CCCC)CC3)cn2)cc1. The zero-order valence-electron chi connectivity index (χ0n) is 18.5. The maximum absolute atomic E-state index is 5.75. The van der Waals surface area contributed by atoms with E-state index in [0.717, 1.165) is 48.3 Å². The summed E-state index contributed by atoms with van der Waals surface area (Å²) in [7, 11) is 0. The number of unbranched alkanes of at least 4 members (excludes halogenated alkanes) is 2. The van der Waals surface area contributed by atoms with Gasteiger partial charge >= 0.3 is 0 Å². The molecule has 1 aromatic heterocycles. The Morgan fingerprint density at radius 3 is 2.14 bits per heavy atom. The topological polar surface area (TPSA) is 22.1 Å². The summed E-state index contributed by atoms with van der Waals surface area (Å²) in [6.45, 7) is 5.28. The molecule has 0 aliphatic heterocycles. The van der Waals surface area contributed by atoms with Crippen LogP contribution in [-0.2, 0) is 6.42 Å². The molecule has 1 aromatic carbocycles.